The predicted octanol–water partition coefficient (Wildman–Crippen LogP) is 1.84. The van der Waals surface area contributed by atoms with Crippen molar-refractivity contribution in [3.8, 4) is 0 Å². The molecule has 2 rings (SSSR count). The first-order valence-electron chi connectivity index (χ1n) is 6.14. The van der Waals surface area contributed by atoms with Gasteiger partial charge >= 0.3 is 0 Å². The normalized spacial score (nSPS) is 20.8. The molecule has 0 spiro atoms. The van der Waals surface area contributed by atoms with E-state index < -0.39 is 4.92 Å². The van der Waals surface area contributed by atoms with E-state index in [2.05, 4.69) is 16.8 Å². The SMILES string of the molecule is CC1CCCN(CC(=O)c2cc([N+](=O)[O-])c[nH]2)C1. The fraction of sp³-hybridized carbons (Fsp3) is 0.583. The first kappa shape index (κ1) is 12.8. The maximum atomic E-state index is 12.0. The summed E-state index contributed by atoms with van der Waals surface area (Å²) in [5.41, 5.74) is 0.255. The summed E-state index contributed by atoms with van der Waals surface area (Å²) in [5.74, 6) is 0.529. The Labute approximate surface area is 105 Å². The molecule has 0 aromatic carbocycles. The van der Waals surface area contributed by atoms with E-state index in [0.29, 0.717) is 18.2 Å². The summed E-state index contributed by atoms with van der Waals surface area (Å²) in [4.78, 5) is 26.8. The number of carbonyl (C=O) groups excluding carboxylic acids is 1. The monoisotopic (exact) mass is 251 g/mol. The molecule has 1 unspecified atom stereocenters. The van der Waals surface area contributed by atoms with Crippen molar-refractivity contribution in [1.29, 1.82) is 0 Å². The van der Waals surface area contributed by atoms with E-state index in [-0.39, 0.29) is 11.5 Å². The topological polar surface area (TPSA) is 79.2 Å². The van der Waals surface area contributed by atoms with Gasteiger partial charge in [-0.3, -0.25) is 19.8 Å². The van der Waals surface area contributed by atoms with Crippen LogP contribution in [-0.4, -0.2) is 40.2 Å². The number of Topliss-reactive ketones (excluding diaryl/α,β-unsaturated/α-hetero) is 1. The lowest BCUT2D eigenvalue weighted by Gasteiger charge is -2.29. The summed E-state index contributed by atoms with van der Waals surface area (Å²) in [6.45, 7) is 4.37. The van der Waals surface area contributed by atoms with E-state index in [9.17, 15) is 14.9 Å². The minimum atomic E-state index is -0.504. The predicted molar refractivity (Wildman–Crippen MR) is 66.6 cm³/mol. The Bertz CT molecular complexity index is 455. The Hall–Kier alpha value is -1.69. The summed E-state index contributed by atoms with van der Waals surface area (Å²) in [6, 6.07) is 1.30. The summed E-state index contributed by atoms with van der Waals surface area (Å²) in [6.07, 6.45) is 3.57. The zero-order valence-electron chi connectivity index (χ0n) is 10.4. The second kappa shape index (κ2) is 5.30. The third-order valence-corrected chi connectivity index (χ3v) is 3.29. The van der Waals surface area contributed by atoms with Crippen LogP contribution in [0.4, 0.5) is 5.69 Å². The Kier molecular flexibility index (Phi) is 3.76. The summed E-state index contributed by atoms with van der Waals surface area (Å²) in [5, 5.41) is 10.5. The second-order valence-corrected chi connectivity index (χ2v) is 4.93. The van der Waals surface area contributed by atoms with Gasteiger partial charge in [0.2, 0.25) is 0 Å². The Morgan fingerprint density at radius 3 is 3.06 bits per heavy atom. The highest BCUT2D eigenvalue weighted by Crippen LogP contribution is 2.17. The van der Waals surface area contributed by atoms with Crippen LogP contribution in [-0.2, 0) is 0 Å². The van der Waals surface area contributed by atoms with Crippen LogP contribution in [0.2, 0.25) is 0 Å². The number of nitrogens with one attached hydrogen (secondary N) is 1. The molecule has 1 N–H and O–H groups in total. The van der Waals surface area contributed by atoms with Crippen molar-refractivity contribution in [2.45, 2.75) is 19.8 Å². The van der Waals surface area contributed by atoms with Gasteiger partial charge in [0.25, 0.3) is 5.69 Å². The van der Waals surface area contributed by atoms with Crippen LogP contribution in [0.15, 0.2) is 12.3 Å². The molecule has 6 nitrogen and oxygen atoms in total. The van der Waals surface area contributed by atoms with Crippen LogP contribution in [0.1, 0.15) is 30.3 Å². The van der Waals surface area contributed by atoms with Gasteiger partial charge in [-0.25, -0.2) is 0 Å². The summed E-state index contributed by atoms with van der Waals surface area (Å²) >= 11 is 0. The third kappa shape index (κ3) is 2.95. The number of hydrogen-bond acceptors (Lipinski definition) is 4. The number of piperidine rings is 1. The number of nitro groups is 1. The van der Waals surface area contributed by atoms with Gasteiger partial charge in [0.05, 0.1) is 23.4 Å². The zero-order valence-corrected chi connectivity index (χ0v) is 10.4. The third-order valence-electron chi connectivity index (χ3n) is 3.29. The minimum Gasteiger partial charge on any atom is -0.353 e. The van der Waals surface area contributed by atoms with Gasteiger partial charge in [-0.15, -0.1) is 0 Å². The number of nitrogens with zero attached hydrogens (tertiary/aromatic N) is 2. The Balaban J connectivity index is 1.96. The molecule has 1 aliphatic heterocycles. The Morgan fingerprint density at radius 2 is 2.44 bits per heavy atom. The molecule has 0 bridgehead atoms. The van der Waals surface area contributed by atoms with Gasteiger partial charge in [-0.1, -0.05) is 6.92 Å². The van der Waals surface area contributed by atoms with E-state index in [0.717, 1.165) is 19.5 Å². The fourth-order valence-corrected chi connectivity index (χ4v) is 2.37. The average molecular weight is 251 g/mol. The minimum absolute atomic E-state index is 0.0645. The molecule has 18 heavy (non-hydrogen) atoms. The van der Waals surface area contributed by atoms with E-state index >= 15 is 0 Å². The van der Waals surface area contributed by atoms with Crippen molar-refractivity contribution in [2.75, 3.05) is 19.6 Å². The quantitative estimate of drug-likeness (QED) is 0.503. The number of ketones is 1. The van der Waals surface area contributed by atoms with Gasteiger partial charge in [-0.05, 0) is 25.3 Å². The van der Waals surface area contributed by atoms with Crippen molar-refractivity contribution in [3.05, 3.63) is 28.1 Å². The molecule has 0 saturated carbocycles. The summed E-state index contributed by atoms with van der Waals surface area (Å²) in [7, 11) is 0. The van der Waals surface area contributed by atoms with E-state index in [1.165, 1.54) is 18.7 Å². The molecule has 1 aromatic heterocycles. The number of carbonyl (C=O) groups is 1. The molecule has 6 heteroatoms. The Morgan fingerprint density at radius 1 is 1.67 bits per heavy atom. The van der Waals surface area contributed by atoms with Gasteiger partial charge < -0.3 is 4.98 Å². The van der Waals surface area contributed by atoms with E-state index in [4.69, 9.17) is 0 Å². The lowest BCUT2D eigenvalue weighted by Crippen LogP contribution is -2.38. The first-order chi connectivity index (χ1) is 8.56. The number of likely N-dealkylation sites (tertiary alicyclic amines) is 1. The van der Waals surface area contributed by atoms with Crippen LogP contribution in [0.3, 0.4) is 0 Å². The van der Waals surface area contributed by atoms with E-state index in [1.54, 1.807) is 0 Å². The van der Waals surface area contributed by atoms with Crippen molar-refractivity contribution >= 4 is 11.5 Å². The second-order valence-electron chi connectivity index (χ2n) is 4.93. The van der Waals surface area contributed by atoms with Crippen LogP contribution in [0.25, 0.3) is 0 Å². The van der Waals surface area contributed by atoms with Crippen LogP contribution < -0.4 is 0 Å². The lowest BCUT2D eigenvalue weighted by molar-refractivity contribution is -0.384. The molecule has 1 atom stereocenters. The number of aromatic nitrogens is 1. The highest BCUT2D eigenvalue weighted by molar-refractivity contribution is 5.96. The number of hydrogen-bond donors (Lipinski definition) is 1. The average Bonchev–Trinajstić information content (AvgIpc) is 2.78. The molecular formula is C12H17N3O3. The van der Waals surface area contributed by atoms with Gasteiger partial charge in [0, 0.05) is 12.6 Å². The molecule has 1 aromatic rings. The highest BCUT2D eigenvalue weighted by Gasteiger charge is 2.21. The van der Waals surface area contributed by atoms with Crippen molar-refractivity contribution in [3.63, 3.8) is 0 Å². The fourth-order valence-electron chi connectivity index (χ4n) is 2.37. The van der Waals surface area contributed by atoms with Gasteiger partial charge in [0.1, 0.15) is 0 Å². The zero-order chi connectivity index (χ0) is 13.1. The van der Waals surface area contributed by atoms with Crippen molar-refractivity contribution in [1.82, 2.24) is 9.88 Å². The first-order valence-corrected chi connectivity index (χ1v) is 6.14. The van der Waals surface area contributed by atoms with Crippen LogP contribution >= 0.6 is 0 Å². The summed E-state index contributed by atoms with van der Waals surface area (Å²) < 4.78 is 0. The molecule has 2 heterocycles. The van der Waals surface area contributed by atoms with Crippen molar-refractivity contribution in [2.24, 2.45) is 5.92 Å². The number of aromatic amines is 1. The molecule has 0 aliphatic carbocycles. The molecular weight excluding hydrogens is 234 g/mol. The maximum Gasteiger partial charge on any atom is 0.287 e. The molecule has 0 radical (unpaired) electrons. The van der Waals surface area contributed by atoms with Gasteiger partial charge in [0.15, 0.2) is 5.78 Å². The van der Waals surface area contributed by atoms with E-state index in [1.807, 2.05) is 0 Å². The molecule has 1 aliphatic rings. The highest BCUT2D eigenvalue weighted by atomic mass is 16.6. The smallest absolute Gasteiger partial charge is 0.287 e. The molecule has 1 saturated heterocycles. The lowest BCUT2D eigenvalue weighted by atomic mass is 10.00. The molecule has 0 amide bonds. The van der Waals surface area contributed by atoms with Crippen LogP contribution in [0.5, 0.6) is 0 Å². The van der Waals surface area contributed by atoms with Crippen molar-refractivity contribution < 1.29 is 9.72 Å². The standard InChI is InChI=1S/C12H17N3O3/c1-9-3-2-4-14(7-9)8-12(16)11-5-10(6-13-11)15(17)18/h5-6,9,13H,2-4,7-8H2,1H3. The largest absolute Gasteiger partial charge is 0.353 e. The molecule has 98 valence electrons. The van der Waals surface area contributed by atoms with Gasteiger partial charge in [-0.2, -0.15) is 0 Å². The number of H-pyrrole nitrogens is 1. The molecule has 1 fully saturated rings. The van der Waals surface area contributed by atoms with Crippen LogP contribution in [0, 0.1) is 16.0 Å². The maximum absolute atomic E-state index is 12.0. The number of rotatable bonds is 4.